The van der Waals surface area contributed by atoms with Gasteiger partial charge in [0, 0.05) is 11.6 Å². The van der Waals surface area contributed by atoms with Crippen molar-refractivity contribution in [3.05, 3.63) is 47.5 Å². The molecule has 2 aromatic heterocycles. The molecule has 3 rings (SSSR count). The van der Waals surface area contributed by atoms with Gasteiger partial charge in [-0.1, -0.05) is 17.3 Å². The molecule has 104 valence electrons. The number of aromatic amines is 1. The van der Waals surface area contributed by atoms with E-state index in [-0.39, 0.29) is 5.69 Å². The SMILES string of the molecule is Cc1cc(COc2cccc(-c3n[nH]nc3C#N)c2)no1. The number of nitrogens with zero attached hydrogens (tertiary/aromatic N) is 4. The van der Waals surface area contributed by atoms with E-state index in [1.54, 1.807) is 6.07 Å². The van der Waals surface area contributed by atoms with Gasteiger partial charge in [-0.05, 0) is 19.1 Å². The second-order valence-electron chi connectivity index (χ2n) is 4.38. The average molecular weight is 281 g/mol. The molecule has 0 aliphatic heterocycles. The summed E-state index contributed by atoms with van der Waals surface area (Å²) in [5.74, 6) is 1.39. The molecule has 21 heavy (non-hydrogen) atoms. The number of nitrogens with one attached hydrogen (secondary N) is 1. The van der Waals surface area contributed by atoms with Crippen molar-refractivity contribution < 1.29 is 9.26 Å². The van der Waals surface area contributed by atoms with Gasteiger partial charge in [-0.2, -0.15) is 15.6 Å². The summed E-state index contributed by atoms with van der Waals surface area (Å²) in [7, 11) is 0. The molecule has 0 atom stereocenters. The topological polar surface area (TPSA) is 101 Å². The Labute approximate surface area is 120 Å². The maximum atomic E-state index is 8.97. The number of hydrogen-bond acceptors (Lipinski definition) is 6. The van der Waals surface area contributed by atoms with Crippen LogP contribution in [0.4, 0.5) is 0 Å². The van der Waals surface area contributed by atoms with Crippen molar-refractivity contribution in [2.45, 2.75) is 13.5 Å². The van der Waals surface area contributed by atoms with Gasteiger partial charge in [0.1, 0.15) is 35.6 Å². The summed E-state index contributed by atoms with van der Waals surface area (Å²) < 4.78 is 10.6. The van der Waals surface area contributed by atoms with Crippen LogP contribution in [0, 0.1) is 18.3 Å². The first-order valence-corrected chi connectivity index (χ1v) is 6.22. The van der Waals surface area contributed by atoms with Gasteiger partial charge in [0.25, 0.3) is 0 Å². The number of ether oxygens (including phenoxy) is 1. The standard InChI is InChI=1S/C14H11N5O2/c1-9-5-11(18-21-9)8-20-12-4-2-3-10(6-12)14-13(7-15)16-19-17-14/h2-6H,8H2,1H3,(H,16,17,19). The van der Waals surface area contributed by atoms with Crippen LogP contribution in [-0.4, -0.2) is 20.6 Å². The van der Waals surface area contributed by atoms with Crippen molar-refractivity contribution >= 4 is 0 Å². The molecule has 0 aliphatic carbocycles. The highest BCUT2D eigenvalue weighted by Crippen LogP contribution is 2.24. The molecular weight excluding hydrogens is 270 g/mol. The molecule has 2 heterocycles. The number of hydrogen-bond donors (Lipinski definition) is 1. The highest BCUT2D eigenvalue weighted by Gasteiger charge is 2.10. The van der Waals surface area contributed by atoms with Crippen LogP contribution >= 0.6 is 0 Å². The maximum Gasteiger partial charge on any atom is 0.190 e. The summed E-state index contributed by atoms with van der Waals surface area (Å²) in [4.78, 5) is 0. The van der Waals surface area contributed by atoms with Crippen LogP contribution in [-0.2, 0) is 6.61 Å². The van der Waals surface area contributed by atoms with E-state index in [9.17, 15) is 0 Å². The number of nitriles is 1. The second-order valence-corrected chi connectivity index (χ2v) is 4.38. The fourth-order valence-electron chi connectivity index (χ4n) is 1.89. The molecule has 0 spiro atoms. The molecule has 7 heteroatoms. The summed E-state index contributed by atoms with van der Waals surface area (Å²) in [5, 5.41) is 23.0. The van der Waals surface area contributed by atoms with Gasteiger partial charge in [0.05, 0.1) is 0 Å². The minimum Gasteiger partial charge on any atom is -0.487 e. The van der Waals surface area contributed by atoms with E-state index in [1.165, 1.54) is 0 Å². The fraction of sp³-hybridized carbons (Fsp3) is 0.143. The van der Waals surface area contributed by atoms with Gasteiger partial charge in [-0.3, -0.25) is 0 Å². The van der Waals surface area contributed by atoms with Gasteiger partial charge in [0.2, 0.25) is 0 Å². The van der Waals surface area contributed by atoms with E-state index in [1.807, 2.05) is 37.3 Å². The lowest BCUT2D eigenvalue weighted by Crippen LogP contribution is -1.95. The molecule has 3 aromatic rings. The molecule has 0 unspecified atom stereocenters. The van der Waals surface area contributed by atoms with Crippen molar-refractivity contribution in [1.82, 2.24) is 20.6 Å². The Hall–Kier alpha value is -3.14. The minimum atomic E-state index is 0.249. The maximum absolute atomic E-state index is 8.97. The van der Waals surface area contributed by atoms with Crippen molar-refractivity contribution in [2.24, 2.45) is 0 Å². The summed E-state index contributed by atoms with van der Waals surface area (Å²) >= 11 is 0. The van der Waals surface area contributed by atoms with Crippen molar-refractivity contribution in [3.63, 3.8) is 0 Å². The van der Waals surface area contributed by atoms with E-state index >= 15 is 0 Å². The van der Waals surface area contributed by atoms with E-state index in [0.29, 0.717) is 18.1 Å². The molecule has 1 N–H and O–H groups in total. The van der Waals surface area contributed by atoms with Crippen LogP contribution in [0.5, 0.6) is 5.75 Å². The fourth-order valence-corrected chi connectivity index (χ4v) is 1.89. The van der Waals surface area contributed by atoms with Crippen molar-refractivity contribution in [3.8, 4) is 23.1 Å². The highest BCUT2D eigenvalue weighted by atomic mass is 16.5. The molecule has 0 saturated carbocycles. The minimum absolute atomic E-state index is 0.249. The van der Waals surface area contributed by atoms with Gasteiger partial charge in [0.15, 0.2) is 5.69 Å². The number of rotatable bonds is 4. The summed E-state index contributed by atoms with van der Waals surface area (Å²) in [6.45, 7) is 2.13. The number of benzene rings is 1. The predicted molar refractivity (Wildman–Crippen MR) is 72.1 cm³/mol. The number of H-pyrrole nitrogens is 1. The quantitative estimate of drug-likeness (QED) is 0.786. The zero-order chi connectivity index (χ0) is 14.7. The summed E-state index contributed by atoms with van der Waals surface area (Å²) in [6.07, 6.45) is 0. The third-order valence-corrected chi connectivity index (χ3v) is 2.82. The van der Waals surface area contributed by atoms with Gasteiger partial charge in [-0.25, -0.2) is 0 Å². The Kier molecular flexibility index (Phi) is 3.35. The van der Waals surface area contributed by atoms with Gasteiger partial charge >= 0.3 is 0 Å². The Morgan fingerprint density at radius 2 is 2.24 bits per heavy atom. The normalized spacial score (nSPS) is 10.3. The molecular formula is C14H11N5O2. The monoisotopic (exact) mass is 281 g/mol. The largest absolute Gasteiger partial charge is 0.487 e. The lowest BCUT2D eigenvalue weighted by molar-refractivity contribution is 0.288. The third kappa shape index (κ3) is 2.74. The average Bonchev–Trinajstić information content (AvgIpc) is 3.14. The van der Waals surface area contributed by atoms with E-state index in [2.05, 4.69) is 20.6 Å². The van der Waals surface area contributed by atoms with Crippen LogP contribution < -0.4 is 4.74 Å². The molecule has 0 aliphatic rings. The molecule has 0 bridgehead atoms. The summed E-state index contributed by atoms with van der Waals surface area (Å²) in [6, 6.07) is 11.1. The van der Waals surface area contributed by atoms with Gasteiger partial charge in [-0.15, -0.1) is 5.10 Å². The van der Waals surface area contributed by atoms with E-state index in [4.69, 9.17) is 14.5 Å². The predicted octanol–water partition coefficient (Wildman–Crippen LogP) is 2.22. The van der Waals surface area contributed by atoms with Crippen molar-refractivity contribution in [1.29, 1.82) is 5.26 Å². The third-order valence-electron chi connectivity index (χ3n) is 2.82. The van der Waals surface area contributed by atoms with Crippen LogP contribution in [0.2, 0.25) is 0 Å². The molecule has 0 saturated heterocycles. The van der Waals surface area contributed by atoms with Crippen LogP contribution in [0.15, 0.2) is 34.9 Å². The highest BCUT2D eigenvalue weighted by molar-refractivity contribution is 5.65. The van der Waals surface area contributed by atoms with Crippen molar-refractivity contribution in [2.75, 3.05) is 0 Å². The zero-order valence-corrected chi connectivity index (χ0v) is 11.2. The van der Waals surface area contributed by atoms with E-state index in [0.717, 1.165) is 17.0 Å². The first-order valence-electron chi connectivity index (χ1n) is 6.22. The Morgan fingerprint density at radius 3 is 3.00 bits per heavy atom. The molecule has 7 nitrogen and oxygen atoms in total. The molecule has 0 amide bonds. The Morgan fingerprint density at radius 1 is 1.33 bits per heavy atom. The first kappa shape index (κ1) is 12.9. The van der Waals surface area contributed by atoms with Crippen LogP contribution in [0.25, 0.3) is 11.3 Å². The first-order chi connectivity index (χ1) is 10.3. The second kappa shape index (κ2) is 5.46. The Balaban J connectivity index is 1.79. The summed E-state index contributed by atoms with van der Waals surface area (Å²) in [5.41, 5.74) is 2.23. The molecule has 1 aromatic carbocycles. The lowest BCUT2D eigenvalue weighted by atomic mass is 10.1. The molecule has 0 fully saturated rings. The molecule has 0 radical (unpaired) electrons. The number of aryl methyl sites for hydroxylation is 1. The van der Waals surface area contributed by atoms with Gasteiger partial charge < -0.3 is 9.26 Å². The zero-order valence-electron chi connectivity index (χ0n) is 11.2. The smallest absolute Gasteiger partial charge is 0.190 e. The van der Waals surface area contributed by atoms with E-state index < -0.39 is 0 Å². The number of aromatic nitrogens is 4. The van der Waals surface area contributed by atoms with Crippen LogP contribution in [0.1, 0.15) is 17.1 Å². The Bertz CT molecular complexity index is 800. The lowest BCUT2D eigenvalue weighted by Gasteiger charge is -2.05. The van der Waals surface area contributed by atoms with Crippen LogP contribution in [0.3, 0.4) is 0 Å².